The van der Waals surface area contributed by atoms with Gasteiger partial charge in [0.25, 0.3) is 0 Å². The van der Waals surface area contributed by atoms with Gasteiger partial charge in [-0.3, -0.25) is 0 Å². The number of nitrogens with one attached hydrogen (secondary N) is 1. The van der Waals surface area contributed by atoms with Crippen molar-refractivity contribution < 1.29 is 4.74 Å². The van der Waals surface area contributed by atoms with E-state index < -0.39 is 0 Å². The highest BCUT2D eigenvalue weighted by atomic mass is 35.5. The summed E-state index contributed by atoms with van der Waals surface area (Å²) in [5.74, 6) is 0. The lowest BCUT2D eigenvalue weighted by Crippen LogP contribution is -2.36. The number of morpholine rings is 1. The summed E-state index contributed by atoms with van der Waals surface area (Å²) in [6, 6.07) is 8.15. The lowest BCUT2D eigenvalue weighted by Gasteiger charge is -2.29. The molecule has 0 amide bonds. The standard InChI is InChI=1S/C15H15ClN4OS/c16-15-19-10-13(22-15)9-18-12-1-2-14(11(7-12)8-17)20-3-5-21-6-4-20/h1-2,7,10,18H,3-6,9H2. The molecule has 1 aliphatic heterocycles. The zero-order chi connectivity index (χ0) is 15.4. The second-order valence-corrected chi connectivity index (χ2v) is 6.57. The van der Waals surface area contributed by atoms with Crippen LogP contribution < -0.4 is 10.2 Å². The van der Waals surface area contributed by atoms with Crippen LogP contribution in [-0.4, -0.2) is 31.3 Å². The number of hydrogen-bond acceptors (Lipinski definition) is 6. The van der Waals surface area contributed by atoms with Crippen LogP contribution in [0.25, 0.3) is 0 Å². The van der Waals surface area contributed by atoms with E-state index in [1.165, 1.54) is 11.3 Å². The molecule has 1 aliphatic rings. The van der Waals surface area contributed by atoms with E-state index in [9.17, 15) is 5.26 Å². The molecule has 1 saturated heterocycles. The van der Waals surface area contributed by atoms with Crippen LogP contribution in [0.3, 0.4) is 0 Å². The van der Waals surface area contributed by atoms with E-state index in [2.05, 4.69) is 21.3 Å². The van der Waals surface area contributed by atoms with Crippen molar-refractivity contribution in [3.63, 3.8) is 0 Å². The normalized spacial score (nSPS) is 14.6. The molecule has 22 heavy (non-hydrogen) atoms. The predicted octanol–water partition coefficient (Wildman–Crippen LogP) is 3.12. The van der Waals surface area contributed by atoms with Crippen molar-refractivity contribution in [2.75, 3.05) is 36.5 Å². The minimum Gasteiger partial charge on any atom is -0.380 e. The molecule has 0 aliphatic carbocycles. The van der Waals surface area contributed by atoms with Gasteiger partial charge in [-0.05, 0) is 18.2 Å². The number of ether oxygens (including phenoxy) is 1. The Kier molecular flexibility index (Phi) is 4.78. The molecule has 114 valence electrons. The van der Waals surface area contributed by atoms with Crippen molar-refractivity contribution in [3.8, 4) is 6.07 Å². The van der Waals surface area contributed by atoms with Crippen molar-refractivity contribution in [2.45, 2.75) is 6.54 Å². The number of rotatable bonds is 4. The van der Waals surface area contributed by atoms with Gasteiger partial charge in [0.1, 0.15) is 6.07 Å². The van der Waals surface area contributed by atoms with Crippen LogP contribution in [0.4, 0.5) is 11.4 Å². The zero-order valence-electron chi connectivity index (χ0n) is 11.9. The Bertz CT molecular complexity index is 691. The second kappa shape index (κ2) is 6.97. The van der Waals surface area contributed by atoms with Crippen LogP contribution in [0, 0.1) is 11.3 Å². The maximum absolute atomic E-state index is 9.40. The van der Waals surface area contributed by atoms with Gasteiger partial charge in [0.05, 0.1) is 31.0 Å². The fraction of sp³-hybridized carbons (Fsp3) is 0.333. The molecule has 3 rings (SSSR count). The first kappa shape index (κ1) is 15.1. The van der Waals surface area contributed by atoms with Crippen molar-refractivity contribution >= 4 is 34.3 Å². The van der Waals surface area contributed by atoms with Gasteiger partial charge in [-0.25, -0.2) is 4.98 Å². The summed E-state index contributed by atoms with van der Waals surface area (Å²) in [4.78, 5) is 7.26. The number of nitrogens with zero attached hydrogens (tertiary/aromatic N) is 3. The first-order chi connectivity index (χ1) is 10.8. The molecule has 2 heterocycles. The molecular formula is C15H15ClN4OS. The lowest BCUT2D eigenvalue weighted by molar-refractivity contribution is 0.122. The number of nitriles is 1. The SMILES string of the molecule is N#Cc1cc(NCc2cnc(Cl)s2)ccc1N1CCOCC1. The summed E-state index contributed by atoms with van der Waals surface area (Å²) in [5.41, 5.74) is 2.56. The number of thiazole rings is 1. The average Bonchev–Trinajstić information content (AvgIpc) is 2.99. The summed E-state index contributed by atoms with van der Waals surface area (Å²) < 4.78 is 5.89. The molecule has 0 spiro atoms. The van der Waals surface area contributed by atoms with Crippen molar-refractivity contribution in [2.24, 2.45) is 0 Å². The van der Waals surface area contributed by atoms with Crippen molar-refractivity contribution in [1.29, 1.82) is 5.26 Å². The van der Waals surface area contributed by atoms with Gasteiger partial charge in [-0.15, -0.1) is 11.3 Å². The second-order valence-electron chi connectivity index (χ2n) is 4.88. The van der Waals surface area contributed by atoms with E-state index >= 15 is 0 Å². The van der Waals surface area contributed by atoms with E-state index in [0.29, 0.717) is 29.8 Å². The van der Waals surface area contributed by atoms with Gasteiger partial charge in [0, 0.05) is 29.9 Å². The molecule has 2 aromatic rings. The molecule has 0 saturated carbocycles. The van der Waals surface area contributed by atoms with E-state index in [1.54, 1.807) is 6.20 Å². The van der Waals surface area contributed by atoms with Crippen LogP contribution in [-0.2, 0) is 11.3 Å². The molecule has 0 atom stereocenters. The summed E-state index contributed by atoms with van der Waals surface area (Å²) in [6.07, 6.45) is 1.76. The quantitative estimate of drug-likeness (QED) is 0.930. The Hall–Kier alpha value is -1.81. The highest BCUT2D eigenvalue weighted by Crippen LogP contribution is 2.25. The number of anilines is 2. The minimum atomic E-state index is 0.539. The maximum Gasteiger partial charge on any atom is 0.183 e. The highest BCUT2D eigenvalue weighted by molar-refractivity contribution is 7.15. The third-order valence-electron chi connectivity index (χ3n) is 3.46. The predicted molar refractivity (Wildman–Crippen MR) is 88.6 cm³/mol. The number of benzene rings is 1. The van der Waals surface area contributed by atoms with Crippen LogP contribution in [0.2, 0.25) is 4.47 Å². The molecule has 1 N–H and O–H groups in total. The molecule has 0 radical (unpaired) electrons. The van der Waals surface area contributed by atoms with Gasteiger partial charge in [0.2, 0.25) is 0 Å². The van der Waals surface area contributed by atoms with Gasteiger partial charge in [0.15, 0.2) is 4.47 Å². The van der Waals surface area contributed by atoms with E-state index in [1.807, 2.05) is 18.2 Å². The molecule has 1 fully saturated rings. The molecule has 1 aromatic heterocycles. The summed E-state index contributed by atoms with van der Waals surface area (Å²) in [5, 5.41) is 12.7. The van der Waals surface area contributed by atoms with E-state index in [4.69, 9.17) is 16.3 Å². The van der Waals surface area contributed by atoms with Crippen molar-refractivity contribution in [1.82, 2.24) is 4.98 Å². The fourth-order valence-electron chi connectivity index (χ4n) is 2.37. The summed E-state index contributed by atoms with van der Waals surface area (Å²) in [7, 11) is 0. The molecule has 0 unspecified atom stereocenters. The topological polar surface area (TPSA) is 61.2 Å². The van der Waals surface area contributed by atoms with Crippen LogP contribution in [0.5, 0.6) is 0 Å². The summed E-state index contributed by atoms with van der Waals surface area (Å²) >= 11 is 7.26. The van der Waals surface area contributed by atoms with Crippen LogP contribution >= 0.6 is 22.9 Å². The van der Waals surface area contributed by atoms with Crippen LogP contribution in [0.1, 0.15) is 10.4 Å². The van der Waals surface area contributed by atoms with Gasteiger partial charge < -0.3 is 15.0 Å². The third kappa shape index (κ3) is 3.50. The van der Waals surface area contributed by atoms with Crippen molar-refractivity contribution in [3.05, 3.63) is 39.3 Å². The van der Waals surface area contributed by atoms with Gasteiger partial charge in [-0.1, -0.05) is 11.6 Å². The Morgan fingerprint density at radius 2 is 2.23 bits per heavy atom. The first-order valence-electron chi connectivity index (χ1n) is 6.97. The average molecular weight is 335 g/mol. The third-order valence-corrected chi connectivity index (χ3v) is 4.58. The number of aromatic nitrogens is 1. The van der Waals surface area contributed by atoms with Gasteiger partial charge in [-0.2, -0.15) is 5.26 Å². The van der Waals surface area contributed by atoms with E-state index in [0.717, 1.165) is 29.3 Å². The molecule has 1 aromatic carbocycles. The van der Waals surface area contributed by atoms with Crippen LogP contribution in [0.15, 0.2) is 24.4 Å². The number of hydrogen-bond donors (Lipinski definition) is 1. The minimum absolute atomic E-state index is 0.539. The monoisotopic (exact) mass is 334 g/mol. The maximum atomic E-state index is 9.40. The molecular weight excluding hydrogens is 320 g/mol. The smallest absolute Gasteiger partial charge is 0.183 e. The van der Waals surface area contributed by atoms with Gasteiger partial charge >= 0.3 is 0 Å². The fourth-order valence-corrected chi connectivity index (χ4v) is 3.29. The first-order valence-corrected chi connectivity index (χ1v) is 8.16. The zero-order valence-corrected chi connectivity index (χ0v) is 13.5. The van der Waals surface area contributed by atoms with E-state index in [-0.39, 0.29) is 0 Å². The molecule has 7 heteroatoms. The largest absolute Gasteiger partial charge is 0.380 e. The Balaban J connectivity index is 1.72. The highest BCUT2D eigenvalue weighted by Gasteiger charge is 2.15. The summed E-state index contributed by atoms with van der Waals surface area (Å²) in [6.45, 7) is 3.70. The lowest BCUT2D eigenvalue weighted by atomic mass is 10.1. The Labute approximate surface area is 138 Å². The Morgan fingerprint density at radius 1 is 1.41 bits per heavy atom. The molecule has 5 nitrogen and oxygen atoms in total. The number of halogens is 1. The molecule has 0 bridgehead atoms. The Morgan fingerprint density at radius 3 is 2.91 bits per heavy atom.